The predicted molar refractivity (Wildman–Crippen MR) is 83.0 cm³/mol. The monoisotopic (exact) mass is 262 g/mol. The largest absolute Gasteiger partial charge is 0.298 e. The number of carbonyl (C=O) groups is 1. The molecule has 0 aliphatic carbocycles. The van der Waals surface area contributed by atoms with Gasteiger partial charge in [-0.3, -0.25) is 4.79 Å². The molecule has 0 saturated carbocycles. The Balaban J connectivity index is 2.35. The zero-order chi connectivity index (χ0) is 14.6. The molecule has 1 heteroatoms. The zero-order valence-corrected chi connectivity index (χ0v) is 12.1. The summed E-state index contributed by atoms with van der Waals surface area (Å²) in [6.45, 7) is 6.56. The van der Waals surface area contributed by atoms with Crippen molar-refractivity contribution in [1.82, 2.24) is 0 Å². The van der Waals surface area contributed by atoms with Crippen LogP contribution in [-0.4, -0.2) is 6.29 Å². The average Bonchev–Trinajstić information content (AvgIpc) is 2.45. The maximum Gasteiger partial charge on any atom is 0.150 e. The first-order valence-corrected chi connectivity index (χ1v) is 6.67. The number of aldehydes is 1. The molecule has 0 aromatic heterocycles. The van der Waals surface area contributed by atoms with Gasteiger partial charge in [-0.15, -0.1) is 0 Å². The van der Waals surface area contributed by atoms with E-state index in [0.29, 0.717) is 5.56 Å². The Bertz CT molecular complexity index is 661. The summed E-state index contributed by atoms with van der Waals surface area (Å²) < 4.78 is 0. The summed E-state index contributed by atoms with van der Waals surface area (Å²) in [5.41, 5.74) is 3.97. The summed E-state index contributed by atoms with van der Waals surface area (Å²) in [6, 6.07) is 15.5. The highest BCUT2D eigenvalue weighted by molar-refractivity contribution is 5.74. The van der Waals surface area contributed by atoms with E-state index in [9.17, 15) is 4.79 Å². The molecule has 0 saturated heterocycles. The van der Waals surface area contributed by atoms with Crippen LogP contribution >= 0.6 is 0 Å². The summed E-state index contributed by atoms with van der Waals surface area (Å²) >= 11 is 0. The van der Waals surface area contributed by atoms with Crippen LogP contribution in [0.1, 0.15) is 47.8 Å². The second-order valence-corrected chi connectivity index (χ2v) is 5.79. The second-order valence-electron chi connectivity index (χ2n) is 5.79. The van der Waals surface area contributed by atoms with E-state index in [1.54, 1.807) is 12.1 Å². The Hall–Kier alpha value is -2.33. The van der Waals surface area contributed by atoms with Gasteiger partial charge in [0, 0.05) is 16.7 Å². The minimum absolute atomic E-state index is 0.0760. The van der Waals surface area contributed by atoms with Gasteiger partial charge >= 0.3 is 0 Å². The molecule has 0 bridgehead atoms. The highest BCUT2D eigenvalue weighted by Crippen LogP contribution is 2.25. The molecule has 0 spiro atoms. The third kappa shape index (κ3) is 3.36. The van der Waals surface area contributed by atoms with Crippen molar-refractivity contribution < 1.29 is 4.79 Å². The van der Waals surface area contributed by atoms with Crippen LogP contribution in [0.5, 0.6) is 0 Å². The third-order valence-corrected chi connectivity index (χ3v) is 3.12. The smallest absolute Gasteiger partial charge is 0.150 e. The highest BCUT2D eigenvalue weighted by atomic mass is 16.1. The van der Waals surface area contributed by atoms with Gasteiger partial charge in [0.1, 0.15) is 6.29 Å². The molecule has 0 aliphatic rings. The number of carbonyl (C=O) groups excluding carboxylic acids is 1. The van der Waals surface area contributed by atoms with Gasteiger partial charge in [0.05, 0.1) is 0 Å². The molecule has 2 aromatic rings. The summed E-state index contributed by atoms with van der Waals surface area (Å²) in [7, 11) is 0. The molecule has 0 fully saturated rings. The van der Waals surface area contributed by atoms with Gasteiger partial charge in [-0.2, -0.15) is 0 Å². The van der Waals surface area contributed by atoms with Crippen LogP contribution in [0, 0.1) is 11.8 Å². The minimum atomic E-state index is 0.0760. The normalized spacial score (nSPS) is 10.6. The molecule has 1 nitrogen and oxygen atoms in total. The van der Waals surface area contributed by atoms with Gasteiger partial charge < -0.3 is 0 Å². The molecule has 2 aromatic carbocycles. The number of hydrogen-bond donors (Lipinski definition) is 0. The Morgan fingerprint density at radius 2 is 1.55 bits per heavy atom. The van der Waals surface area contributed by atoms with Crippen molar-refractivity contribution in [2.45, 2.75) is 26.2 Å². The van der Waals surface area contributed by atoms with Gasteiger partial charge in [0.25, 0.3) is 0 Å². The summed E-state index contributed by atoms with van der Waals surface area (Å²) in [6.07, 6.45) is 0.839. The van der Waals surface area contributed by atoms with Gasteiger partial charge in [-0.05, 0) is 29.2 Å². The van der Waals surface area contributed by atoms with Gasteiger partial charge in [0.15, 0.2) is 0 Å². The average molecular weight is 262 g/mol. The molecule has 100 valence electrons. The zero-order valence-electron chi connectivity index (χ0n) is 12.1. The number of benzene rings is 2. The fourth-order valence-electron chi connectivity index (χ4n) is 2.03. The Labute approximate surface area is 120 Å². The molecule has 0 amide bonds. The second kappa shape index (κ2) is 5.75. The van der Waals surface area contributed by atoms with Crippen molar-refractivity contribution in [3.8, 4) is 11.8 Å². The summed E-state index contributed by atoms with van der Waals surface area (Å²) in [5, 5.41) is 0. The van der Waals surface area contributed by atoms with E-state index in [-0.39, 0.29) is 5.41 Å². The molecular formula is C19H18O. The molecule has 20 heavy (non-hydrogen) atoms. The number of rotatable bonds is 1. The molecule has 0 radical (unpaired) electrons. The quantitative estimate of drug-likeness (QED) is 0.556. The maximum absolute atomic E-state index is 10.6. The summed E-state index contributed by atoms with van der Waals surface area (Å²) in [5.74, 6) is 6.39. The van der Waals surface area contributed by atoms with Crippen LogP contribution in [0.3, 0.4) is 0 Å². The minimum Gasteiger partial charge on any atom is -0.298 e. The van der Waals surface area contributed by atoms with E-state index in [1.165, 1.54) is 5.56 Å². The van der Waals surface area contributed by atoms with Crippen LogP contribution in [0.4, 0.5) is 0 Å². The van der Waals surface area contributed by atoms with E-state index < -0.39 is 0 Å². The first-order valence-electron chi connectivity index (χ1n) is 6.67. The molecule has 0 heterocycles. The van der Waals surface area contributed by atoms with Crippen molar-refractivity contribution in [2.75, 3.05) is 0 Å². The van der Waals surface area contributed by atoms with Crippen molar-refractivity contribution in [1.29, 1.82) is 0 Å². The van der Waals surface area contributed by atoms with Crippen molar-refractivity contribution in [2.24, 2.45) is 0 Å². The lowest BCUT2D eigenvalue weighted by molar-refractivity contribution is 0.112. The SMILES string of the molecule is CC(C)(C)c1ccccc1C#Cc1ccc(C=O)cc1. The van der Waals surface area contributed by atoms with E-state index in [0.717, 1.165) is 17.4 Å². The van der Waals surface area contributed by atoms with Crippen LogP contribution < -0.4 is 0 Å². The third-order valence-electron chi connectivity index (χ3n) is 3.12. The van der Waals surface area contributed by atoms with E-state index in [2.05, 4.69) is 38.7 Å². The van der Waals surface area contributed by atoms with E-state index in [4.69, 9.17) is 0 Å². The molecule has 0 atom stereocenters. The van der Waals surface area contributed by atoms with Gasteiger partial charge in [-0.1, -0.05) is 62.9 Å². The van der Waals surface area contributed by atoms with Gasteiger partial charge in [0.2, 0.25) is 0 Å². The first kappa shape index (κ1) is 14.1. The van der Waals surface area contributed by atoms with Gasteiger partial charge in [-0.25, -0.2) is 0 Å². The van der Waals surface area contributed by atoms with Crippen LogP contribution in [0.25, 0.3) is 0 Å². The lowest BCUT2D eigenvalue weighted by Crippen LogP contribution is -2.12. The Morgan fingerprint density at radius 3 is 2.15 bits per heavy atom. The molecule has 0 unspecified atom stereocenters. The standard InChI is InChI=1S/C19H18O/c1-19(2,3)18-7-5-4-6-17(18)13-12-15-8-10-16(14-20)11-9-15/h4-11,14H,1-3H3. The molecular weight excluding hydrogens is 244 g/mol. The number of hydrogen-bond acceptors (Lipinski definition) is 1. The lowest BCUT2D eigenvalue weighted by Gasteiger charge is -2.20. The highest BCUT2D eigenvalue weighted by Gasteiger charge is 2.16. The van der Waals surface area contributed by atoms with Crippen LogP contribution in [0.2, 0.25) is 0 Å². The van der Waals surface area contributed by atoms with E-state index >= 15 is 0 Å². The van der Waals surface area contributed by atoms with Crippen molar-refractivity contribution in [3.05, 3.63) is 70.8 Å². The fourth-order valence-corrected chi connectivity index (χ4v) is 2.03. The van der Waals surface area contributed by atoms with Crippen molar-refractivity contribution in [3.63, 3.8) is 0 Å². The van der Waals surface area contributed by atoms with E-state index in [1.807, 2.05) is 30.3 Å². The topological polar surface area (TPSA) is 17.1 Å². The predicted octanol–water partition coefficient (Wildman–Crippen LogP) is 4.20. The Morgan fingerprint density at radius 1 is 0.900 bits per heavy atom. The van der Waals surface area contributed by atoms with Crippen LogP contribution in [-0.2, 0) is 5.41 Å². The molecule has 0 N–H and O–H groups in total. The Kier molecular flexibility index (Phi) is 4.05. The maximum atomic E-state index is 10.6. The molecule has 0 aliphatic heterocycles. The lowest BCUT2D eigenvalue weighted by atomic mass is 9.84. The first-order chi connectivity index (χ1) is 9.50. The summed E-state index contributed by atoms with van der Waals surface area (Å²) in [4.78, 5) is 10.6. The fraction of sp³-hybridized carbons (Fsp3) is 0.211. The van der Waals surface area contributed by atoms with Crippen LogP contribution in [0.15, 0.2) is 48.5 Å². The van der Waals surface area contributed by atoms with Crippen molar-refractivity contribution >= 4 is 6.29 Å². The molecule has 2 rings (SSSR count).